The van der Waals surface area contributed by atoms with Gasteiger partial charge in [0.2, 0.25) is 0 Å². The smallest absolute Gasteiger partial charge is 0.162 e. The molecule has 0 aliphatic rings. The Morgan fingerprint density at radius 1 is 1.30 bits per heavy atom. The average molecular weight is 333 g/mol. The van der Waals surface area contributed by atoms with E-state index in [0.717, 1.165) is 22.6 Å². The van der Waals surface area contributed by atoms with Gasteiger partial charge >= 0.3 is 0 Å². The van der Waals surface area contributed by atoms with Gasteiger partial charge in [0.1, 0.15) is 12.4 Å². The molecule has 2 N–H and O–H groups in total. The second-order valence-electron chi connectivity index (χ2n) is 5.39. The lowest BCUT2D eigenvalue weighted by Crippen LogP contribution is -2.26. The van der Waals surface area contributed by atoms with Gasteiger partial charge in [0, 0.05) is 29.6 Å². The molecule has 0 fully saturated rings. The highest BCUT2D eigenvalue weighted by Crippen LogP contribution is 2.28. The summed E-state index contributed by atoms with van der Waals surface area (Å²) >= 11 is 6.26. The normalized spacial score (nSPS) is 10.5. The summed E-state index contributed by atoms with van der Waals surface area (Å²) in [5.41, 5.74) is 3.26. The number of ketones is 1. The van der Waals surface area contributed by atoms with Crippen LogP contribution in [0.3, 0.4) is 0 Å². The Labute approximate surface area is 141 Å². The van der Waals surface area contributed by atoms with E-state index in [1.807, 2.05) is 44.2 Å². The zero-order valence-corrected chi connectivity index (χ0v) is 14.4. The number of benzene rings is 2. The van der Waals surface area contributed by atoms with Crippen molar-refractivity contribution in [3.05, 3.63) is 58.1 Å². The van der Waals surface area contributed by atoms with Crippen LogP contribution in [0.15, 0.2) is 36.4 Å². The molecule has 23 heavy (non-hydrogen) atoms. The minimum atomic E-state index is 0.123. The number of halogens is 1. The Morgan fingerprint density at radius 3 is 2.65 bits per heavy atom. The molecule has 0 unspecified atom stereocenters. The van der Waals surface area contributed by atoms with Crippen molar-refractivity contribution in [2.24, 2.45) is 5.84 Å². The molecule has 0 saturated heterocycles. The zero-order chi connectivity index (χ0) is 17.0. The van der Waals surface area contributed by atoms with E-state index in [0.29, 0.717) is 23.6 Å². The van der Waals surface area contributed by atoms with Crippen molar-refractivity contribution >= 4 is 23.1 Å². The predicted octanol–water partition coefficient (Wildman–Crippen LogP) is 4.13. The summed E-state index contributed by atoms with van der Waals surface area (Å²) in [6.07, 6.45) is 0.492. The van der Waals surface area contributed by atoms with Crippen LogP contribution in [-0.2, 0) is 6.61 Å². The van der Waals surface area contributed by atoms with Crippen LogP contribution in [0.2, 0.25) is 5.02 Å². The fourth-order valence-corrected chi connectivity index (χ4v) is 2.58. The first-order valence-corrected chi connectivity index (χ1v) is 7.84. The van der Waals surface area contributed by atoms with Crippen LogP contribution in [0.25, 0.3) is 0 Å². The van der Waals surface area contributed by atoms with Crippen molar-refractivity contribution in [1.82, 2.24) is 0 Å². The van der Waals surface area contributed by atoms with Crippen molar-refractivity contribution in [3.8, 4) is 5.75 Å². The van der Waals surface area contributed by atoms with Gasteiger partial charge in [-0.3, -0.25) is 4.79 Å². The van der Waals surface area contributed by atoms with Gasteiger partial charge in [-0.15, -0.1) is 0 Å². The molecule has 0 radical (unpaired) electrons. The number of nitrogens with zero attached hydrogens (tertiary/aromatic N) is 1. The third-order valence-corrected chi connectivity index (χ3v) is 4.02. The molecule has 0 atom stereocenters. The molecule has 0 bridgehead atoms. The van der Waals surface area contributed by atoms with E-state index in [1.54, 1.807) is 13.1 Å². The van der Waals surface area contributed by atoms with Crippen LogP contribution in [-0.4, -0.2) is 12.8 Å². The number of aryl methyl sites for hydroxylation is 1. The minimum Gasteiger partial charge on any atom is -0.488 e. The average Bonchev–Trinajstić information content (AvgIpc) is 2.53. The van der Waals surface area contributed by atoms with E-state index in [2.05, 4.69) is 0 Å². The molecule has 2 aromatic rings. The van der Waals surface area contributed by atoms with E-state index in [9.17, 15) is 4.79 Å². The summed E-state index contributed by atoms with van der Waals surface area (Å²) in [7, 11) is 1.76. The van der Waals surface area contributed by atoms with E-state index in [4.69, 9.17) is 22.2 Å². The number of hydrazine groups is 1. The van der Waals surface area contributed by atoms with Crippen molar-refractivity contribution in [1.29, 1.82) is 0 Å². The number of nitrogens with two attached hydrogens (primary N) is 1. The van der Waals surface area contributed by atoms with Crippen LogP contribution in [0.4, 0.5) is 5.69 Å². The molecule has 122 valence electrons. The SMILES string of the molecule is CCC(=O)c1ccc(OCc2c(Cl)cccc2N(C)N)c(C)c1. The molecular weight excluding hydrogens is 312 g/mol. The van der Waals surface area contributed by atoms with Gasteiger partial charge in [0.05, 0.1) is 5.69 Å². The van der Waals surface area contributed by atoms with E-state index < -0.39 is 0 Å². The largest absolute Gasteiger partial charge is 0.488 e. The van der Waals surface area contributed by atoms with Crippen molar-refractivity contribution < 1.29 is 9.53 Å². The number of carbonyl (C=O) groups is 1. The second-order valence-corrected chi connectivity index (χ2v) is 5.80. The summed E-state index contributed by atoms with van der Waals surface area (Å²) in [5, 5.41) is 2.12. The van der Waals surface area contributed by atoms with E-state index >= 15 is 0 Å². The molecule has 0 aliphatic heterocycles. The standard InChI is InChI=1S/C18H21ClN2O2/c1-4-17(22)13-8-9-18(12(2)10-13)23-11-14-15(19)6-5-7-16(14)21(3)20/h5-10H,4,11,20H2,1-3H3. The molecule has 5 heteroatoms. The fourth-order valence-electron chi connectivity index (χ4n) is 2.36. The molecule has 0 aliphatic carbocycles. The van der Waals surface area contributed by atoms with Gasteiger partial charge in [0.25, 0.3) is 0 Å². The van der Waals surface area contributed by atoms with Crippen molar-refractivity contribution in [2.75, 3.05) is 12.1 Å². The lowest BCUT2D eigenvalue weighted by Gasteiger charge is -2.19. The molecule has 0 spiro atoms. The lowest BCUT2D eigenvalue weighted by atomic mass is 10.1. The molecule has 2 aromatic carbocycles. The highest BCUT2D eigenvalue weighted by Gasteiger charge is 2.12. The van der Waals surface area contributed by atoms with Crippen LogP contribution in [0, 0.1) is 6.92 Å². The lowest BCUT2D eigenvalue weighted by molar-refractivity contribution is 0.0988. The maximum atomic E-state index is 11.7. The maximum absolute atomic E-state index is 11.7. The Bertz CT molecular complexity index is 714. The predicted molar refractivity (Wildman–Crippen MR) is 94.2 cm³/mol. The molecule has 0 saturated carbocycles. The Hall–Kier alpha value is -2.04. The molecule has 4 nitrogen and oxygen atoms in total. The number of rotatable bonds is 6. The first-order chi connectivity index (χ1) is 10.9. The van der Waals surface area contributed by atoms with Crippen molar-refractivity contribution in [2.45, 2.75) is 26.9 Å². The summed E-state index contributed by atoms with van der Waals surface area (Å²) in [6.45, 7) is 4.08. The second kappa shape index (κ2) is 7.49. The topological polar surface area (TPSA) is 55.6 Å². The van der Waals surface area contributed by atoms with Crippen LogP contribution < -0.4 is 15.6 Å². The molecular formula is C18H21ClN2O2. The Kier molecular flexibility index (Phi) is 5.64. The van der Waals surface area contributed by atoms with Gasteiger partial charge in [-0.2, -0.15) is 0 Å². The zero-order valence-electron chi connectivity index (χ0n) is 13.6. The van der Waals surface area contributed by atoms with E-state index in [1.165, 1.54) is 5.01 Å². The Morgan fingerprint density at radius 2 is 2.04 bits per heavy atom. The van der Waals surface area contributed by atoms with Crippen molar-refractivity contribution in [3.63, 3.8) is 0 Å². The maximum Gasteiger partial charge on any atom is 0.162 e. The Balaban J connectivity index is 2.20. The third-order valence-electron chi connectivity index (χ3n) is 3.66. The molecule has 2 rings (SSSR count). The minimum absolute atomic E-state index is 0.123. The third kappa shape index (κ3) is 4.03. The molecule has 0 heterocycles. The number of anilines is 1. The first kappa shape index (κ1) is 17.3. The van der Waals surface area contributed by atoms with Crippen LogP contribution in [0.5, 0.6) is 5.75 Å². The number of Topliss-reactive ketones (excluding diaryl/α,β-unsaturated/α-hetero) is 1. The highest BCUT2D eigenvalue weighted by molar-refractivity contribution is 6.31. The van der Waals surface area contributed by atoms with Gasteiger partial charge in [0.15, 0.2) is 5.78 Å². The van der Waals surface area contributed by atoms with E-state index in [-0.39, 0.29) is 5.78 Å². The monoisotopic (exact) mass is 332 g/mol. The molecule has 0 aromatic heterocycles. The summed E-state index contributed by atoms with van der Waals surface area (Å²) in [5.74, 6) is 6.68. The summed E-state index contributed by atoms with van der Waals surface area (Å²) < 4.78 is 5.88. The number of hydrogen-bond acceptors (Lipinski definition) is 4. The first-order valence-electron chi connectivity index (χ1n) is 7.46. The van der Waals surface area contributed by atoms with Gasteiger partial charge in [-0.25, -0.2) is 5.84 Å². The quantitative estimate of drug-likeness (QED) is 0.491. The summed E-state index contributed by atoms with van der Waals surface area (Å²) in [4.78, 5) is 11.7. The summed E-state index contributed by atoms with van der Waals surface area (Å²) in [6, 6.07) is 11.0. The van der Waals surface area contributed by atoms with Gasteiger partial charge in [-0.05, 0) is 42.8 Å². The van der Waals surface area contributed by atoms with Gasteiger partial charge in [-0.1, -0.05) is 24.6 Å². The molecule has 0 amide bonds. The highest BCUT2D eigenvalue weighted by atomic mass is 35.5. The number of carbonyl (C=O) groups excluding carboxylic acids is 1. The fraction of sp³-hybridized carbons (Fsp3) is 0.278. The number of hydrogen-bond donors (Lipinski definition) is 1. The van der Waals surface area contributed by atoms with Crippen LogP contribution in [0.1, 0.15) is 34.8 Å². The number of ether oxygens (including phenoxy) is 1. The van der Waals surface area contributed by atoms with Gasteiger partial charge < -0.3 is 9.75 Å². The van der Waals surface area contributed by atoms with Crippen LogP contribution >= 0.6 is 11.6 Å².